The van der Waals surface area contributed by atoms with Crippen LogP contribution in [0.4, 0.5) is 18.9 Å². The second-order valence-corrected chi connectivity index (χ2v) is 7.10. The molecule has 3 aromatic carbocycles. The van der Waals surface area contributed by atoms with Crippen molar-refractivity contribution in [3.05, 3.63) is 77.4 Å². The van der Waals surface area contributed by atoms with Crippen LogP contribution in [0, 0.1) is 5.41 Å². The normalized spacial score (nSPS) is 16.3. The molecule has 0 aromatic heterocycles. The molecule has 6 heteroatoms. The van der Waals surface area contributed by atoms with Gasteiger partial charge in [0.15, 0.2) is 5.96 Å². The van der Waals surface area contributed by atoms with Gasteiger partial charge in [-0.1, -0.05) is 55.5 Å². The summed E-state index contributed by atoms with van der Waals surface area (Å²) in [5.41, 5.74) is 2.11. The Kier molecular flexibility index (Phi) is 4.49. The van der Waals surface area contributed by atoms with Gasteiger partial charge in [0.2, 0.25) is 0 Å². The molecule has 0 saturated carbocycles. The lowest BCUT2D eigenvalue weighted by Crippen LogP contribution is -2.39. The van der Waals surface area contributed by atoms with Gasteiger partial charge in [-0.05, 0) is 34.0 Å². The fraction of sp³-hybridized carbons (Fsp3) is 0.227. The van der Waals surface area contributed by atoms with Gasteiger partial charge in [-0.2, -0.15) is 13.2 Å². The third-order valence-electron chi connectivity index (χ3n) is 5.20. The van der Waals surface area contributed by atoms with Crippen molar-refractivity contribution in [2.75, 3.05) is 11.4 Å². The summed E-state index contributed by atoms with van der Waals surface area (Å²) in [5.74, 6) is 0.279. The van der Waals surface area contributed by atoms with E-state index in [9.17, 15) is 13.2 Å². The third kappa shape index (κ3) is 3.19. The van der Waals surface area contributed by atoms with Crippen LogP contribution in [0.25, 0.3) is 10.8 Å². The minimum Gasteiger partial charge on any atom is -0.352 e. The lowest BCUT2D eigenvalue weighted by Gasteiger charge is -2.22. The summed E-state index contributed by atoms with van der Waals surface area (Å²) in [6.07, 6.45) is -4.39. The van der Waals surface area contributed by atoms with Gasteiger partial charge in [0, 0.05) is 24.7 Å². The van der Waals surface area contributed by atoms with E-state index in [1.54, 1.807) is 12.1 Å². The van der Waals surface area contributed by atoms with Crippen LogP contribution in [0.3, 0.4) is 0 Å². The number of alkyl halides is 3. The monoisotopic (exact) mass is 383 g/mol. The number of hydrogen-bond acceptors (Lipinski definition) is 1. The Labute approximate surface area is 161 Å². The lowest BCUT2D eigenvalue weighted by molar-refractivity contribution is -0.136. The molecule has 1 heterocycles. The molecule has 1 unspecified atom stereocenters. The Morgan fingerprint density at radius 3 is 2.50 bits per heavy atom. The number of fused-ring (bicyclic) bond motifs is 3. The van der Waals surface area contributed by atoms with Crippen LogP contribution in [-0.2, 0) is 12.7 Å². The molecule has 0 spiro atoms. The predicted octanol–water partition coefficient (Wildman–Crippen LogP) is 5.51. The number of nitrogens with one attached hydrogen (secondary N) is 2. The minimum atomic E-state index is -4.39. The SMILES string of the molecule is CC1CN(C(=N)NCc2ccccc2)c2ccc3c(C(F)(F)F)cccc3c21. The van der Waals surface area contributed by atoms with Gasteiger partial charge < -0.3 is 10.2 Å². The highest BCUT2D eigenvalue weighted by molar-refractivity contribution is 6.02. The molecule has 1 aliphatic rings. The number of rotatable bonds is 2. The first-order chi connectivity index (χ1) is 13.4. The molecule has 1 atom stereocenters. The van der Waals surface area contributed by atoms with Crippen molar-refractivity contribution < 1.29 is 13.2 Å². The topological polar surface area (TPSA) is 39.1 Å². The quantitative estimate of drug-likeness (QED) is 0.453. The van der Waals surface area contributed by atoms with Crippen LogP contribution in [0.2, 0.25) is 0 Å². The molecule has 0 aliphatic carbocycles. The van der Waals surface area contributed by atoms with Crippen molar-refractivity contribution in [1.82, 2.24) is 5.32 Å². The van der Waals surface area contributed by atoms with Gasteiger partial charge in [-0.25, -0.2) is 0 Å². The van der Waals surface area contributed by atoms with E-state index >= 15 is 0 Å². The van der Waals surface area contributed by atoms with Crippen LogP contribution < -0.4 is 10.2 Å². The fourth-order valence-corrected chi connectivity index (χ4v) is 3.92. The van der Waals surface area contributed by atoms with Crippen molar-refractivity contribution in [2.45, 2.75) is 25.6 Å². The number of guanidine groups is 1. The van der Waals surface area contributed by atoms with Gasteiger partial charge in [0.05, 0.1) is 5.56 Å². The zero-order chi connectivity index (χ0) is 19.9. The van der Waals surface area contributed by atoms with E-state index in [1.165, 1.54) is 12.1 Å². The van der Waals surface area contributed by atoms with Crippen molar-refractivity contribution in [3.63, 3.8) is 0 Å². The molecule has 3 nitrogen and oxygen atoms in total. The van der Waals surface area contributed by atoms with Crippen molar-refractivity contribution in [3.8, 4) is 0 Å². The van der Waals surface area contributed by atoms with Crippen LogP contribution in [0.1, 0.15) is 29.5 Å². The summed E-state index contributed by atoms with van der Waals surface area (Å²) < 4.78 is 40.1. The summed E-state index contributed by atoms with van der Waals surface area (Å²) in [5, 5.41) is 12.4. The van der Waals surface area contributed by atoms with E-state index in [2.05, 4.69) is 5.32 Å². The summed E-state index contributed by atoms with van der Waals surface area (Å²) in [6.45, 7) is 3.07. The van der Waals surface area contributed by atoms with Crippen molar-refractivity contribution >= 4 is 22.4 Å². The van der Waals surface area contributed by atoms with Gasteiger partial charge in [0.25, 0.3) is 0 Å². The van der Waals surface area contributed by atoms with E-state index in [1.807, 2.05) is 42.2 Å². The molecular weight excluding hydrogens is 363 g/mol. The van der Waals surface area contributed by atoms with E-state index in [4.69, 9.17) is 5.41 Å². The third-order valence-corrected chi connectivity index (χ3v) is 5.20. The Morgan fingerprint density at radius 1 is 1.04 bits per heavy atom. The molecule has 2 N–H and O–H groups in total. The van der Waals surface area contributed by atoms with Crippen LogP contribution in [0.15, 0.2) is 60.7 Å². The van der Waals surface area contributed by atoms with Crippen LogP contribution in [-0.4, -0.2) is 12.5 Å². The predicted molar refractivity (Wildman–Crippen MR) is 106 cm³/mol. The average Bonchev–Trinajstić information content (AvgIpc) is 3.03. The molecule has 28 heavy (non-hydrogen) atoms. The second kappa shape index (κ2) is 6.86. The van der Waals surface area contributed by atoms with Crippen LogP contribution in [0.5, 0.6) is 0 Å². The molecule has 0 saturated heterocycles. The lowest BCUT2D eigenvalue weighted by atomic mass is 9.94. The molecule has 0 radical (unpaired) electrons. The first-order valence-corrected chi connectivity index (χ1v) is 9.13. The number of benzene rings is 3. The van der Waals surface area contributed by atoms with Crippen LogP contribution >= 0.6 is 0 Å². The minimum absolute atomic E-state index is 0.0288. The highest BCUT2D eigenvalue weighted by Gasteiger charge is 2.35. The molecule has 0 bridgehead atoms. The van der Waals surface area contributed by atoms with E-state index in [-0.39, 0.29) is 17.3 Å². The zero-order valence-corrected chi connectivity index (χ0v) is 15.3. The zero-order valence-electron chi connectivity index (χ0n) is 15.3. The maximum Gasteiger partial charge on any atom is 0.417 e. The van der Waals surface area contributed by atoms with E-state index in [0.29, 0.717) is 18.5 Å². The molecule has 1 aliphatic heterocycles. The van der Waals surface area contributed by atoms with Crippen molar-refractivity contribution in [1.29, 1.82) is 5.41 Å². The number of nitrogens with zero attached hydrogens (tertiary/aromatic N) is 1. The first-order valence-electron chi connectivity index (χ1n) is 9.13. The molecule has 144 valence electrons. The molecular formula is C22H20F3N3. The average molecular weight is 383 g/mol. The second-order valence-electron chi connectivity index (χ2n) is 7.10. The summed E-state index contributed by atoms with van der Waals surface area (Å²) in [6, 6.07) is 17.3. The smallest absolute Gasteiger partial charge is 0.352 e. The standard InChI is InChI=1S/C22H20F3N3/c1-14-13-28(21(26)27-12-15-6-3-2-4-7-15)19-11-10-16-17(20(14)19)8-5-9-18(16)22(23,24)25/h2-11,14H,12-13H2,1H3,(H2,26,27). The van der Waals surface area contributed by atoms with Gasteiger partial charge >= 0.3 is 6.18 Å². The Morgan fingerprint density at radius 2 is 1.79 bits per heavy atom. The highest BCUT2D eigenvalue weighted by atomic mass is 19.4. The molecule has 0 amide bonds. The Hall–Kier alpha value is -3.02. The van der Waals surface area contributed by atoms with E-state index < -0.39 is 11.7 Å². The first kappa shape index (κ1) is 18.3. The van der Waals surface area contributed by atoms with Gasteiger partial charge in [-0.3, -0.25) is 5.41 Å². The summed E-state index contributed by atoms with van der Waals surface area (Å²) in [7, 11) is 0. The number of hydrogen-bond donors (Lipinski definition) is 2. The summed E-state index contributed by atoms with van der Waals surface area (Å²) >= 11 is 0. The Bertz CT molecular complexity index is 1030. The fourth-order valence-electron chi connectivity index (χ4n) is 3.92. The van der Waals surface area contributed by atoms with Gasteiger partial charge in [-0.15, -0.1) is 0 Å². The summed E-state index contributed by atoms with van der Waals surface area (Å²) in [4.78, 5) is 1.84. The number of anilines is 1. The largest absolute Gasteiger partial charge is 0.417 e. The Balaban J connectivity index is 1.67. The molecule has 4 rings (SSSR count). The maximum atomic E-state index is 13.4. The maximum absolute atomic E-state index is 13.4. The molecule has 3 aromatic rings. The van der Waals surface area contributed by atoms with E-state index in [0.717, 1.165) is 22.9 Å². The molecule has 0 fully saturated rings. The van der Waals surface area contributed by atoms with Gasteiger partial charge in [0.1, 0.15) is 0 Å². The highest BCUT2D eigenvalue weighted by Crippen LogP contribution is 2.44. The van der Waals surface area contributed by atoms with Crippen molar-refractivity contribution in [2.24, 2.45) is 0 Å². The number of halogens is 3.